The minimum Gasteiger partial charge on any atom is -0.492 e. The lowest BCUT2D eigenvalue weighted by Gasteiger charge is -2.16. The monoisotopic (exact) mass is 467 g/mol. The minimum atomic E-state index is -3.98. The molecule has 0 aliphatic heterocycles. The molecular formula is C19H25N5O7S. The van der Waals surface area contributed by atoms with Crippen LogP contribution >= 0.6 is 0 Å². The number of nitrogens with one attached hydrogen (secondary N) is 1. The Hall–Kier alpha value is -3.87. The second-order valence-electron chi connectivity index (χ2n) is 6.52. The van der Waals surface area contributed by atoms with Crippen LogP contribution < -0.4 is 14.7 Å². The van der Waals surface area contributed by atoms with Gasteiger partial charge in [0.2, 0.25) is 5.96 Å². The Morgan fingerprint density at radius 2 is 1.81 bits per heavy atom. The highest BCUT2D eigenvalue weighted by Crippen LogP contribution is 2.27. The summed E-state index contributed by atoms with van der Waals surface area (Å²) in [6, 6.07) is 10.0. The lowest BCUT2D eigenvalue weighted by Crippen LogP contribution is -2.34. The van der Waals surface area contributed by atoms with Crippen LogP contribution in [0.4, 0.5) is 0 Å². The van der Waals surface area contributed by atoms with Crippen molar-refractivity contribution in [3.63, 3.8) is 0 Å². The molecule has 0 radical (unpaired) electrons. The van der Waals surface area contributed by atoms with Crippen LogP contribution in [0.1, 0.15) is 16.7 Å². The molecule has 0 aliphatic carbocycles. The molecule has 12 nitrogen and oxygen atoms in total. The second kappa shape index (κ2) is 11.5. The van der Waals surface area contributed by atoms with Gasteiger partial charge in [-0.25, -0.2) is 5.01 Å². The number of nitrogens with two attached hydrogens (primary N) is 1. The van der Waals surface area contributed by atoms with Crippen LogP contribution in [0.15, 0.2) is 46.4 Å². The Kier molecular flexibility index (Phi) is 9.41. The van der Waals surface area contributed by atoms with Crippen molar-refractivity contribution in [3.05, 3.63) is 63.2 Å². The molecule has 0 atom stereocenters. The summed E-state index contributed by atoms with van der Waals surface area (Å²) >= 11 is 0. The van der Waals surface area contributed by atoms with Crippen molar-refractivity contribution in [2.24, 2.45) is 10.8 Å². The first-order valence-corrected chi connectivity index (χ1v) is 10.4. The summed E-state index contributed by atoms with van der Waals surface area (Å²) in [5.74, 6) is 0.339. The molecule has 0 unspecified atom stereocenters. The lowest BCUT2D eigenvalue weighted by molar-refractivity contribution is -0.742. The number of hydrazone groups is 1. The van der Waals surface area contributed by atoms with E-state index in [0.29, 0.717) is 11.3 Å². The van der Waals surface area contributed by atoms with Crippen LogP contribution in [0.5, 0.6) is 11.5 Å². The van der Waals surface area contributed by atoms with Crippen molar-refractivity contribution >= 4 is 22.8 Å². The van der Waals surface area contributed by atoms with Gasteiger partial charge >= 0.3 is 10.1 Å². The van der Waals surface area contributed by atoms with E-state index >= 15 is 0 Å². The minimum absolute atomic E-state index is 0.130. The average Bonchev–Trinajstić information content (AvgIpc) is 2.65. The average molecular weight is 468 g/mol. The molecule has 0 aromatic heterocycles. The fourth-order valence-corrected chi connectivity index (χ4v) is 3.74. The van der Waals surface area contributed by atoms with Crippen molar-refractivity contribution in [2.75, 3.05) is 13.2 Å². The molecule has 0 saturated heterocycles. The number of hydrogen-bond acceptors (Lipinski definition) is 8. The molecule has 32 heavy (non-hydrogen) atoms. The summed E-state index contributed by atoms with van der Waals surface area (Å²) in [6.45, 7) is 9.07. The third-order valence-corrected chi connectivity index (χ3v) is 5.25. The Balaban J connectivity index is 0.00000118. The lowest BCUT2D eigenvalue weighted by atomic mass is 10.2. The van der Waals surface area contributed by atoms with Crippen LogP contribution in [0, 0.1) is 36.3 Å². The zero-order valence-electron chi connectivity index (χ0n) is 17.8. The molecule has 0 amide bonds. The number of aryl methyl sites for hydroxylation is 3. The van der Waals surface area contributed by atoms with Crippen molar-refractivity contribution in [2.45, 2.75) is 25.7 Å². The van der Waals surface area contributed by atoms with Crippen molar-refractivity contribution in [1.29, 1.82) is 5.41 Å². The first-order chi connectivity index (χ1) is 14.9. The maximum Gasteiger partial charge on any atom is 0.339 e. The van der Waals surface area contributed by atoms with Crippen LogP contribution in [-0.4, -0.2) is 49.5 Å². The summed E-state index contributed by atoms with van der Waals surface area (Å²) in [4.78, 5) is 8.49. The van der Waals surface area contributed by atoms with Gasteiger partial charge in [-0.2, -0.15) is 13.5 Å². The topological polar surface area (TPSA) is 181 Å². The molecule has 4 N–H and O–H groups in total. The fraction of sp³-hybridized carbons (Fsp3) is 0.263. The molecule has 174 valence electrons. The molecule has 0 heterocycles. The molecule has 0 saturated carbocycles. The van der Waals surface area contributed by atoms with Gasteiger partial charge in [0.25, 0.3) is 5.09 Å². The molecule has 0 bridgehead atoms. The van der Waals surface area contributed by atoms with Gasteiger partial charge < -0.3 is 19.9 Å². The predicted octanol–water partition coefficient (Wildman–Crippen LogP) is 2.22. The number of hydrogen-bond donors (Lipinski definition) is 3. The number of benzene rings is 2. The SMILES string of the molecule is C=NN(CCOc1cc(C)cc(OS(=O)(=O)c2cc(C)ccc2C)c1)C(=N)N.O=[N+]([O-])O. The Bertz CT molecular complexity index is 1090. The molecule has 0 fully saturated rings. The maximum atomic E-state index is 12.7. The molecule has 0 spiro atoms. The van der Waals surface area contributed by atoms with Gasteiger partial charge in [0.1, 0.15) is 23.0 Å². The molecular weight excluding hydrogens is 442 g/mol. The Morgan fingerprint density at radius 3 is 2.38 bits per heavy atom. The Labute approximate surface area is 185 Å². The van der Waals surface area contributed by atoms with E-state index < -0.39 is 15.2 Å². The fourth-order valence-electron chi connectivity index (χ4n) is 2.51. The highest BCUT2D eigenvalue weighted by Gasteiger charge is 2.20. The van der Waals surface area contributed by atoms with Gasteiger partial charge in [-0.1, -0.05) is 12.1 Å². The zero-order chi connectivity index (χ0) is 24.5. The van der Waals surface area contributed by atoms with E-state index in [2.05, 4.69) is 11.8 Å². The summed E-state index contributed by atoms with van der Waals surface area (Å²) in [7, 11) is -3.98. The smallest absolute Gasteiger partial charge is 0.339 e. The molecule has 2 aromatic rings. The number of nitrogens with zero attached hydrogens (tertiary/aromatic N) is 3. The summed E-state index contributed by atoms with van der Waals surface area (Å²) in [5, 5.41) is 25.8. The summed E-state index contributed by atoms with van der Waals surface area (Å²) in [6.07, 6.45) is 0. The highest BCUT2D eigenvalue weighted by atomic mass is 32.2. The van der Waals surface area contributed by atoms with Crippen LogP contribution in [0.2, 0.25) is 0 Å². The molecule has 2 rings (SSSR count). The third-order valence-electron chi connectivity index (χ3n) is 3.86. The van der Waals surface area contributed by atoms with Crippen molar-refractivity contribution in [1.82, 2.24) is 5.01 Å². The van der Waals surface area contributed by atoms with Crippen LogP contribution in [0.25, 0.3) is 0 Å². The first-order valence-electron chi connectivity index (χ1n) is 9.03. The Morgan fingerprint density at radius 1 is 1.22 bits per heavy atom. The van der Waals surface area contributed by atoms with Gasteiger partial charge in [-0.15, -0.1) is 10.1 Å². The van der Waals surface area contributed by atoms with Gasteiger partial charge in [0.15, 0.2) is 0 Å². The van der Waals surface area contributed by atoms with E-state index in [1.165, 1.54) is 11.1 Å². The quantitative estimate of drug-likeness (QED) is 0.172. The van der Waals surface area contributed by atoms with E-state index in [0.717, 1.165) is 11.1 Å². The second-order valence-corrected chi connectivity index (χ2v) is 8.04. The summed E-state index contributed by atoms with van der Waals surface area (Å²) < 4.78 is 36.3. The number of rotatable bonds is 8. The van der Waals surface area contributed by atoms with E-state index in [1.54, 1.807) is 38.1 Å². The van der Waals surface area contributed by atoms with E-state index in [-0.39, 0.29) is 29.8 Å². The summed E-state index contributed by atoms with van der Waals surface area (Å²) in [5.41, 5.74) is 7.56. The zero-order valence-corrected chi connectivity index (χ0v) is 18.6. The predicted molar refractivity (Wildman–Crippen MR) is 117 cm³/mol. The van der Waals surface area contributed by atoms with E-state index in [9.17, 15) is 8.42 Å². The molecule has 0 aliphatic rings. The number of guanidine groups is 1. The van der Waals surface area contributed by atoms with Gasteiger partial charge in [-0.3, -0.25) is 5.41 Å². The number of ether oxygens (including phenoxy) is 1. The van der Waals surface area contributed by atoms with Crippen molar-refractivity contribution in [3.8, 4) is 11.5 Å². The standard InChI is InChI=1S/C19H24N4O4S.HNO3/c1-13-5-6-15(3)18(11-13)28(24,25)27-17-10-14(2)9-16(12-17)26-8-7-23(22-4)19(20)21;2-1(3)4/h5-6,9-12H,4,7-8H2,1-3H3,(H3,20,21);(H,2,3,4). The molecule has 13 heteroatoms. The first kappa shape index (κ1) is 26.2. The third kappa shape index (κ3) is 8.47. The highest BCUT2D eigenvalue weighted by molar-refractivity contribution is 7.87. The van der Waals surface area contributed by atoms with E-state index in [4.69, 9.17) is 35.4 Å². The maximum absolute atomic E-state index is 12.7. The van der Waals surface area contributed by atoms with E-state index in [1.807, 2.05) is 13.0 Å². The van der Waals surface area contributed by atoms with Crippen LogP contribution in [-0.2, 0) is 10.1 Å². The normalized spacial score (nSPS) is 10.3. The van der Waals surface area contributed by atoms with Gasteiger partial charge in [-0.05, 0) is 55.7 Å². The van der Waals surface area contributed by atoms with Gasteiger partial charge in [0.05, 0.1) is 6.54 Å². The largest absolute Gasteiger partial charge is 0.492 e. The van der Waals surface area contributed by atoms with Crippen LogP contribution in [0.3, 0.4) is 0 Å². The van der Waals surface area contributed by atoms with Crippen molar-refractivity contribution < 1.29 is 27.6 Å². The molecule has 2 aromatic carbocycles. The van der Waals surface area contributed by atoms with Gasteiger partial charge in [0, 0.05) is 12.8 Å².